The lowest BCUT2D eigenvalue weighted by molar-refractivity contribution is -0.137. The van der Waals surface area contributed by atoms with Crippen LogP contribution in [0, 0.1) is 0 Å². The fourth-order valence-electron chi connectivity index (χ4n) is 3.51. The number of rotatable bonds is 7. The zero-order chi connectivity index (χ0) is 22.6. The topological polar surface area (TPSA) is 47.0 Å². The highest BCUT2D eigenvalue weighted by Gasteiger charge is 2.29. The Morgan fingerprint density at radius 1 is 0.875 bits per heavy atom. The second-order valence-corrected chi connectivity index (χ2v) is 7.48. The molecule has 0 aliphatic rings. The number of ether oxygens (including phenoxy) is 1. The van der Waals surface area contributed by atoms with E-state index in [1.54, 1.807) is 19.5 Å². The zero-order valence-electron chi connectivity index (χ0n) is 17.5. The van der Waals surface area contributed by atoms with Crippen molar-refractivity contribution in [2.24, 2.45) is 0 Å². The zero-order valence-corrected chi connectivity index (χ0v) is 17.5. The van der Waals surface area contributed by atoms with Crippen molar-refractivity contribution in [1.29, 1.82) is 0 Å². The van der Waals surface area contributed by atoms with Crippen LogP contribution in [-0.4, -0.2) is 17.1 Å². The van der Waals surface area contributed by atoms with E-state index < -0.39 is 11.7 Å². The number of halogens is 3. The van der Waals surface area contributed by atoms with Crippen molar-refractivity contribution in [2.75, 3.05) is 7.11 Å². The van der Waals surface area contributed by atoms with Crippen LogP contribution < -0.4 is 10.1 Å². The molecule has 164 valence electrons. The Balaban J connectivity index is 1.55. The largest absolute Gasteiger partial charge is 0.497 e. The average molecular weight is 437 g/mol. The van der Waals surface area contributed by atoms with Crippen LogP contribution in [-0.2, 0) is 25.7 Å². The predicted octanol–water partition coefficient (Wildman–Crippen LogP) is 5.54. The molecular formula is C25H22F3N3O. The minimum Gasteiger partial charge on any atom is -0.497 e. The molecule has 2 heterocycles. The molecule has 0 saturated heterocycles. The molecule has 4 rings (SSSR count). The Labute approximate surface area is 184 Å². The molecule has 7 heteroatoms. The molecule has 0 fully saturated rings. The lowest BCUT2D eigenvalue weighted by Gasteiger charge is -2.13. The smallest absolute Gasteiger partial charge is 0.416 e. The van der Waals surface area contributed by atoms with Gasteiger partial charge in [0.1, 0.15) is 5.75 Å². The third-order valence-electron chi connectivity index (χ3n) is 5.24. The Bertz CT molecular complexity index is 1190. The number of hydrogen-bond donors (Lipinski definition) is 1. The average Bonchev–Trinajstić information content (AvgIpc) is 2.79. The number of methoxy groups -OCH3 is 1. The molecule has 1 N–H and O–H groups in total. The van der Waals surface area contributed by atoms with Gasteiger partial charge in [0.05, 0.1) is 18.2 Å². The van der Waals surface area contributed by atoms with Gasteiger partial charge >= 0.3 is 6.18 Å². The van der Waals surface area contributed by atoms with Crippen LogP contribution in [0.25, 0.3) is 10.9 Å². The third-order valence-corrected chi connectivity index (χ3v) is 5.24. The van der Waals surface area contributed by atoms with Gasteiger partial charge in [-0.25, -0.2) is 0 Å². The summed E-state index contributed by atoms with van der Waals surface area (Å²) in [6.45, 7) is 0.990. The standard InChI is InChI=1S/C25H22F3N3O/c1-32-22-7-4-19-13-20(16-30-15-18-2-5-21(6-3-18)25(26,27)28)23(31-24(19)14-22)12-17-8-10-29-11-9-17/h2-11,13-14,30H,12,15-16H2,1H3. The van der Waals surface area contributed by atoms with E-state index in [9.17, 15) is 13.2 Å². The highest BCUT2D eigenvalue weighted by molar-refractivity contribution is 5.81. The molecule has 0 atom stereocenters. The minimum atomic E-state index is -4.33. The molecule has 0 radical (unpaired) electrons. The van der Waals surface area contributed by atoms with E-state index in [0.29, 0.717) is 19.5 Å². The molecule has 0 aliphatic carbocycles. The van der Waals surface area contributed by atoms with E-state index in [2.05, 4.69) is 16.4 Å². The normalized spacial score (nSPS) is 11.6. The fourth-order valence-corrected chi connectivity index (χ4v) is 3.51. The molecule has 0 amide bonds. The van der Waals surface area contributed by atoms with E-state index in [1.165, 1.54) is 12.1 Å². The van der Waals surface area contributed by atoms with Crippen LogP contribution in [0.1, 0.15) is 27.9 Å². The van der Waals surface area contributed by atoms with Crippen molar-refractivity contribution in [1.82, 2.24) is 15.3 Å². The number of benzene rings is 2. The molecule has 32 heavy (non-hydrogen) atoms. The van der Waals surface area contributed by atoms with Crippen molar-refractivity contribution < 1.29 is 17.9 Å². The first-order valence-electron chi connectivity index (χ1n) is 10.1. The molecule has 2 aromatic heterocycles. The second-order valence-electron chi connectivity index (χ2n) is 7.48. The maximum absolute atomic E-state index is 12.8. The van der Waals surface area contributed by atoms with Crippen molar-refractivity contribution in [2.45, 2.75) is 25.7 Å². The number of pyridine rings is 2. The van der Waals surface area contributed by atoms with Crippen LogP contribution in [0.3, 0.4) is 0 Å². The van der Waals surface area contributed by atoms with E-state index >= 15 is 0 Å². The molecule has 0 unspecified atom stereocenters. The summed E-state index contributed by atoms with van der Waals surface area (Å²) >= 11 is 0. The Morgan fingerprint density at radius 2 is 1.62 bits per heavy atom. The van der Waals surface area contributed by atoms with Gasteiger partial charge in [0.15, 0.2) is 0 Å². The summed E-state index contributed by atoms with van der Waals surface area (Å²) in [6.07, 6.45) is -0.176. The predicted molar refractivity (Wildman–Crippen MR) is 117 cm³/mol. The number of hydrogen-bond acceptors (Lipinski definition) is 4. The van der Waals surface area contributed by atoms with Crippen LogP contribution in [0.4, 0.5) is 13.2 Å². The summed E-state index contributed by atoms with van der Waals surface area (Å²) in [4.78, 5) is 8.94. The number of alkyl halides is 3. The van der Waals surface area contributed by atoms with Crippen LogP contribution in [0.2, 0.25) is 0 Å². The Kier molecular flexibility index (Phi) is 6.37. The molecule has 0 saturated carbocycles. The first kappa shape index (κ1) is 21.8. The Morgan fingerprint density at radius 3 is 2.31 bits per heavy atom. The quantitative estimate of drug-likeness (QED) is 0.413. The van der Waals surface area contributed by atoms with Gasteiger partial charge < -0.3 is 10.1 Å². The summed E-state index contributed by atoms with van der Waals surface area (Å²) in [6, 6.07) is 17.0. The van der Waals surface area contributed by atoms with Crippen molar-refractivity contribution in [3.8, 4) is 5.75 Å². The molecule has 0 aliphatic heterocycles. The highest BCUT2D eigenvalue weighted by atomic mass is 19.4. The third kappa shape index (κ3) is 5.23. The second kappa shape index (κ2) is 9.36. The summed E-state index contributed by atoms with van der Waals surface area (Å²) in [5.74, 6) is 0.744. The van der Waals surface area contributed by atoms with Gasteiger partial charge in [0.25, 0.3) is 0 Å². The van der Waals surface area contributed by atoms with Crippen LogP contribution >= 0.6 is 0 Å². The van der Waals surface area contributed by atoms with E-state index in [-0.39, 0.29) is 0 Å². The first-order valence-corrected chi connectivity index (χ1v) is 10.1. The molecule has 2 aromatic carbocycles. The number of nitrogens with zero attached hydrogens (tertiary/aromatic N) is 2. The monoisotopic (exact) mass is 437 g/mol. The van der Waals surface area contributed by atoms with Crippen molar-refractivity contribution >= 4 is 10.9 Å². The lowest BCUT2D eigenvalue weighted by atomic mass is 10.0. The van der Waals surface area contributed by atoms with E-state index in [4.69, 9.17) is 9.72 Å². The maximum atomic E-state index is 12.8. The molecule has 0 spiro atoms. The van der Waals surface area contributed by atoms with Crippen LogP contribution in [0.5, 0.6) is 5.75 Å². The number of nitrogens with one attached hydrogen (secondary N) is 1. The van der Waals surface area contributed by atoms with Crippen molar-refractivity contribution in [3.63, 3.8) is 0 Å². The number of aromatic nitrogens is 2. The summed E-state index contributed by atoms with van der Waals surface area (Å²) in [5.41, 5.74) is 4.05. The van der Waals surface area contributed by atoms with Crippen molar-refractivity contribution in [3.05, 3.63) is 101 Å². The highest BCUT2D eigenvalue weighted by Crippen LogP contribution is 2.29. The van der Waals surface area contributed by atoms with E-state index in [0.717, 1.165) is 51.2 Å². The minimum absolute atomic E-state index is 0.452. The summed E-state index contributed by atoms with van der Waals surface area (Å²) < 4.78 is 43.6. The first-order chi connectivity index (χ1) is 15.4. The van der Waals surface area contributed by atoms with Crippen LogP contribution in [0.15, 0.2) is 73.1 Å². The SMILES string of the molecule is COc1ccc2cc(CNCc3ccc(C(F)(F)F)cc3)c(Cc3ccncc3)nc2c1. The fraction of sp³-hybridized carbons (Fsp3) is 0.200. The molecule has 0 bridgehead atoms. The number of fused-ring (bicyclic) bond motifs is 1. The molecule has 4 nitrogen and oxygen atoms in total. The molecular weight excluding hydrogens is 415 g/mol. The lowest BCUT2D eigenvalue weighted by Crippen LogP contribution is -2.15. The summed E-state index contributed by atoms with van der Waals surface area (Å²) in [7, 11) is 1.62. The van der Waals surface area contributed by atoms with Gasteiger partial charge in [-0.3, -0.25) is 9.97 Å². The van der Waals surface area contributed by atoms with Gasteiger partial charge in [-0.1, -0.05) is 12.1 Å². The molecule has 4 aromatic rings. The van der Waals surface area contributed by atoms with Gasteiger partial charge in [0, 0.05) is 49.1 Å². The van der Waals surface area contributed by atoms with E-state index in [1.807, 2.05) is 30.3 Å². The van der Waals surface area contributed by atoms with Gasteiger partial charge in [0.2, 0.25) is 0 Å². The Hall–Kier alpha value is -3.45. The summed E-state index contributed by atoms with van der Waals surface area (Å²) in [5, 5.41) is 4.33. The maximum Gasteiger partial charge on any atom is 0.416 e. The van der Waals surface area contributed by atoms with Gasteiger partial charge in [-0.05, 0) is 59.2 Å². The van der Waals surface area contributed by atoms with Gasteiger partial charge in [-0.15, -0.1) is 0 Å². The van der Waals surface area contributed by atoms with Gasteiger partial charge in [-0.2, -0.15) is 13.2 Å².